The predicted octanol–water partition coefficient (Wildman–Crippen LogP) is 5.34. The zero-order chi connectivity index (χ0) is 25.3. The molecule has 0 fully saturated rings. The zero-order valence-corrected chi connectivity index (χ0v) is 18.4. The van der Waals surface area contributed by atoms with E-state index in [0.29, 0.717) is 0 Å². The molecule has 34 heavy (non-hydrogen) atoms. The summed E-state index contributed by atoms with van der Waals surface area (Å²) in [5, 5.41) is 4.13. The number of benzene rings is 2. The minimum atomic E-state index is -5.32. The van der Waals surface area contributed by atoms with Gasteiger partial charge in [-0.2, -0.15) is 13.2 Å². The summed E-state index contributed by atoms with van der Waals surface area (Å²) in [5.74, 6) is -2.45. The zero-order valence-electron chi connectivity index (χ0n) is 17.6. The van der Waals surface area contributed by atoms with Crippen molar-refractivity contribution in [2.75, 3.05) is 26.1 Å². The molecule has 0 aliphatic rings. The summed E-state index contributed by atoms with van der Waals surface area (Å²) in [5.41, 5.74) is -4.91. The summed E-state index contributed by atoms with van der Waals surface area (Å²) in [4.78, 5) is 25.8. The van der Waals surface area contributed by atoms with Crippen LogP contribution in [0.4, 0.5) is 27.6 Å². The van der Waals surface area contributed by atoms with Gasteiger partial charge in [-0.05, 0) is 35.0 Å². The number of anilines is 1. The molecule has 0 spiro atoms. The summed E-state index contributed by atoms with van der Waals surface area (Å²) in [6.45, 7) is -1.27. The maximum Gasteiger partial charge on any atom is 0.421 e. The van der Waals surface area contributed by atoms with Gasteiger partial charge >= 0.3 is 6.18 Å². The lowest BCUT2D eigenvalue weighted by Gasteiger charge is -2.37. The van der Waals surface area contributed by atoms with Crippen LogP contribution in [0.25, 0.3) is 10.9 Å². The summed E-state index contributed by atoms with van der Waals surface area (Å²) < 4.78 is 81.4. The second-order valence-electron chi connectivity index (χ2n) is 7.25. The Balaban J connectivity index is 2.34. The fourth-order valence-electron chi connectivity index (χ4n) is 3.57. The molecule has 1 heterocycles. The van der Waals surface area contributed by atoms with E-state index in [2.05, 4.69) is 20.2 Å². The fourth-order valence-corrected chi connectivity index (χ4v) is 3.84. The van der Waals surface area contributed by atoms with E-state index in [1.807, 2.05) is 0 Å². The van der Waals surface area contributed by atoms with Crippen LogP contribution in [-0.2, 0) is 4.74 Å². The number of ether oxygens (including phenoxy) is 2. The predicted molar refractivity (Wildman–Crippen MR) is 115 cm³/mol. The topological polar surface area (TPSA) is 92.8 Å². The molecule has 3 rings (SSSR count). The van der Waals surface area contributed by atoms with Gasteiger partial charge in [0.1, 0.15) is 5.82 Å². The molecule has 3 aromatic rings. The van der Waals surface area contributed by atoms with Gasteiger partial charge < -0.3 is 19.8 Å². The van der Waals surface area contributed by atoms with Gasteiger partial charge in [0.15, 0.2) is 11.6 Å². The maximum atomic E-state index is 14.7. The molecule has 0 bridgehead atoms. The third kappa shape index (κ3) is 4.42. The van der Waals surface area contributed by atoms with Crippen molar-refractivity contribution in [2.45, 2.75) is 17.8 Å². The first kappa shape index (κ1) is 25.4. The van der Waals surface area contributed by atoms with E-state index in [-0.39, 0.29) is 22.3 Å². The number of pyridine rings is 1. The molecule has 7 nitrogen and oxygen atoms in total. The van der Waals surface area contributed by atoms with Crippen LogP contribution in [0.15, 0.2) is 46.4 Å². The molecule has 0 radical (unpaired) electrons. The number of aromatic nitrogens is 1. The third-order valence-corrected chi connectivity index (χ3v) is 5.59. The Labute approximate surface area is 193 Å². The van der Waals surface area contributed by atoms with Crippen molar-refractivity contribution in [3.8, 4) is 5.75 Å². The first-order valence-electron chi connectivity index (χ1n) is 9.50. The number of alkyl halides is 3. The quantitative estimate of drug-likeness (QED) is 0.319. The number of methoxy groups -OCH3 is 2. The van der Waals surface area contributed by atoms with Crippen LogP contribution in [0.5, 0.6) is 5.75 Å². The van der Waals surface area contributed by atoms with Crippen molar-refractivity contribution < 1.29 is 31.4 Å². The Hall–Kier alpha value is -3.25. The molecule has 2 N–H and O–H groups in total. The van der Waals surface area contributed by atoms with Crippen molar-refractivity contribution in [1.82, 2.24) is 4.98 Å². The number of nitrogens with zero attached hydrogens (tertiary/aromatic N) is 1. The van der Waals surface area contributed by atoms with E-state index >= 15 is 0 Å². The number of nitrogens with one attached hydrogen (secondary N) is 2. The van der Waals surface area contributed by atoms with E-state index in [4.69, 9.17) is 16.3 Å². The molecule has 2 aromatic carbocycles. The highest BCUT2D eigenvalue weighted by Gasteiger charge is 2.63. The molecular weight excluding hydrogens is 489 g/mol. The first-order valence-corrected chi connectivity index (χ1v) is 9.88. The average Bonchev–Trinajstić information content (AvgIpc) is 2.76. The molecule has 0 aliphatic carbocycles. The smallest absolute Gasteiger partial charge is 0.421 e. The standard InChI is InChI=1S/C21H17ClF5N3O4/c1-33-9-20(30-32,21(25,26)27)19(12-3-5-15(34-2)18(24)17(12)22)29-14-8-10(23)7-13-11(14)4-6-16(31)28-13/h3-8,19,29H,9H2,1-2H3,(H,28,31)/t19-,20?/m0/s1. The summed E-state index contributed by atoms with van der Waals surface area (Å²) in [6.07, 6.45) is -5.32. The SMILES string of the molecule is COCC(N=O)([C@@H](Nc1cc(F)cc2[nH]c(=O)ccc12)c1ccc(OC)c(F)c1Cl)C(F)(F)F. The second-order valence-corrected chi connectivity index (χ2v) is 7.62. The lowest BCUT2D eigenvalue weighted by Crippen LogP contribution is -2.54. The highest BCUT2D eigenvalue weighted by atomic mass is 35.5. The normalized spacial score (nSPS) is 14.5. The number of rotatable bonds is 8. The number of nitroso groups, excluding NO2 is 1. The first-order chi connectivity index (χ1) is 16.0. The Morgan fingerprint density at radius 1 is 1.15 bits per heavy atom. The Morgan fingerprint density at radius 3 is 2.44 bits per heavy atom. The second kappa shape index (κ2) is 9.55. The van der Waals surface area contributed by atoms with Gasteiger partial charge in [0.2, 0.25) is 11.1 Å². The van der Waals surface area contributed by atoms with Crippen molar-refractivity contribution in [1.29, 1.82) is 0 Å². The minimum absolute atomic E-state index is 0.0378. The molecule has 13 heteroatoms. The number of fused-ring (bicyclic) bond motifs is 1. The number of halogens is 6. The highest BCUT2D eigenvalue weighted by Crippen LogP contribution is 2.48. The van der Waals surface area contributed by atoms with Gasteiger partial charge in [-0.15, -0.1) is 4.91 Å². The van der Waals surface area contributed by atoms with Crippen molar-refractivity contribution in [3.63, 3.8) is 0 Å². The van der Waals surface area contributed by atoms with Crippen LogP contribution < -0.4 is 15.6 Å². The van der Waals surface area contributed by atoms with Crippen LogP contribution in [-0.4, -0.2) is 37.5 Å². The molecule has 1 aromatic heterocycles. The monoisotopic (exact) mass is 505 g/mol. The summed E-state index contributed by atoms with van der Waals surface area (Å²) in [6, 6.07) is 3.97. The van der Waals surface area contributed by atoms with E-state index in [1.165, 1.54) is 6.07 Å². The Morgan fingerprint density at radius 2 is 1.85 bits per heavy atom. The number of hydrogen-bond acceptors (Lipinski definition) is 6. The summed E-state index contributed by atoms with van der Waals surface area (Å²) in [7, 11) is 2.04. The molecule has 182 valence electrons. The fraction of sp³-hybridized carbons (Fsp3) is 0.286. The van der Waals surface area contributed by atoms with Gasteiger partial charge in [-0.25, -0.2) is 8.78 Å². The van der Waals surface area contributed by atoms with Gasteiger partial charge in [-0.1, -0.05) is 17.7 Å². The Kier molecular flexibility index (Phi) is 7.13. The van der Waals surface area contributed by atoms with Gasteiger partial charge in [0.05, 0.1) is 30.3 Å². The molecule has 0 saturated carbocycles. The molecule has 0 saturated heterocycles. The van der Waals surface area contributed by atoms with E-state index in [9.17, 15) is 31.7 Å². The molecule has 0 aliphatic heterocycles. The third-order valence-electron chi connectivity index (χ3n) is 5.21. The van der Waals surface area contributed by atoms with Crippen LogP contribution >= 0.6 is 11.6 Å². The van der Waals surface area contributed by atoms with E-state index in [0.717, 1.165) is 44.6 Å². The molecule has 0 amide bonds. The van der Waals surface area contributed by atoms with Crippen LogP contribution in [0.1, 0.15) is 11.6 Å². The summed E-state index contributed by atoms with van der Waals surface area (Å²) >= 11 is 6.05. The van der Waals surface area contributed by atoms with Gasteiger partial charge in [0.25, 0.3) is 0 Å². The molecule has 2 atom stereocenters. The average molecular weight is 506 g/mol. The lowest BCUT2D eigenvalue weighted by atomic mass is 9.85. The maximum absolute atomic E-state index is 14.7. The van der Waals surface area contributed by atoms with E-state index in [1.54, 1.807) is 0 Å². The van der Waals surface area contributed by atoms with E-state index < -0.39 is 52.1 Å². The number of hydrogen-bond donors (Lipinski definition) is 2. The number of H-pyrrole nitrogens is 1. The van der Waals surface area contributed by atoms with Crippen molar-refractivity contribution in [3.05, 3.63) is 73.9 Å². The van der Waals surface area contributed by atoms with Gasteiger partial charge in [-0.3, -0.25) is 4.79 Å². The van der Waals surface area contributed by atoms with Crippen LogP contribution in [0.3, 0.4) is 0 Å². The minimum Gasteiger partial charge on any atom is -0.494 e. The van der Waals surface area contributed by atoms with Gasteiger partial charge in [0, 0.05) is 24.2 Å². The largest absolute Gasteiger partial charge is 0.494 e. The number of aromatic amines is 1. The molecule has 1 unspecified atom stereocenters. The highest BCUT2D eigenvalue weighted by molar-refractivity contribution is 6.31. The Bertz CT molecular complexity index is 1280. The lowest BCUT2D eigenvalue weighted by molar-refractivity contribution is -0.202. The van der Waals surface area contributed by atoms with Crippen molar-refractivity contribution in [2.24, 2.45) is 5.18 Å². The van der Waals surface area contributed by atoms with Crippen molar-refractivity contribution >= 4 is 28.2 Å². The van der Waals surface area contributed by atoms with Crippen LogP contribution in [0, 0.1) is 16.5 Å². The molecular formula is C21H17ClF5N3O4. The van der Waals surface area contributed by atoms with Crippen LogP contribution in [0.2, 0.25) is 5.02 Å².